The lowest BCUT2D eigenvalue weighted by Gasteiger charge is -2.09. The van der Waals surface area contributed by atoms with Gasteiger partial charge < -0.3 is 4.74 Å². The van der Waals surface area contributed by atoms with Gasteiger partial charge in [0, 0.05) is 10.0 Å². The molecule has 27 heavy (non-hydrogen) atoms. The maximum atomic E-state index is 12.6. The van der Waals surface area contributed by atoms with Crippen LogP contribution < -0.4 is 0 Å². The van der Waals surface area contributed by atoms with E-state index in [0.29, 0.717) is 11.1 Å². The van der Waals surface area contributed by atoms with Crippen LogP contribution in [0.15, 0.2) is 98.7 Å². The summed E-state index contributed by atoms with van der Waals surface area (Å²) >= 11 is 3.31. The quantitative estimate of drug-likeness (QED) is 0.339. The molecule has 3 aromatic rings. The fourth-order valence-corrected chi connectivity index (χ4v) is 3.43. The molecule has 0 fully saturated rings. The van der Waals surface area contributed by atoms with Gasteiger partial charge in [-0.1, -0.05) is 52.3 Å². The zero-order valence-electron chi connectivity index (χ0n) is 13.9. The smallest absolute Gasteiger partial charge is 0.344 e. The van der Waals surface area contributed by atoms with Gasteiger partial charge in [0.2, 0.25) is 5.90 Å². The van der Waals surface area contributed by atoms with Gasteiger partial charge in [0.25, 0.3) is 10.0 Å². The SMILES string of the molecule is O=C(OC(=NS(=O)(=O)c1ccccc1)c1ccc(Br)cc1)c1ccccc1. The third kappa shape index (κ3) is 4.90. The Hall–Kier alpha value is -2.77. The topological polar surface area (TPSA) is 72.8 Å². The largest absolute Gasteiger partial charge is 0.402 e. The molecule has 0 aromatic heterocycles. The Morgan fingerprint density at radius 3 is 1.93 bits per heavy atom. The van der Waals surface area contributed by atoms with Crippen molar-refractivity contribution in [3.05, 3.63) is 101 Å². The highest BCUT2D eigenvalue weighted by Gasteiger charge is 2.19. The summed E-state index contributed by atoms with van der Waals surface area (Å²) in [7, 11) is -4.05. The molecular formula is C20H14BrNO4S. The van der Waals surface area contributed by atoms with Crippen LogP contribution in [0.4, 0.5) is 0 Å². The number of sulfonamides is 1. The lowest BCUT2D eigenvalue weighted by Crippen LogP contribution is -2.16. The summed E-state index contributed by atoms with van der Waals surface area (Å²) in [6, 6.07) is 22.7. The molecule has 0 aliphatic heterocycles. The van der Waals surface area contributed by atoms with Crippen molar-refractivity contribution in [3.63, 3.8) is 0 Å². The summed E-state index contributed by atoms with van der Waals surface area (Å²) in [5, 5.41) is 0. The van der Waals surface area contributed by atoms with E-state index < -0.39 is 16.0 Å². The van der Waals surface area contributed by atoms with Crippen LogP contribution in [0.2, 0.25) is 0 Å². The summed E-state index contributed by atoms with van der Waals surface area (Å²) in [4.78, 5) is 12.4. The van der Waals surface area contributed by atoms with E-state index in [0.717, 1.165) is 4.47 Å². The van der Waals surface area contributed by atoms with E-state index in [2.05, 4.69) is 20.3 Å². The Bertz CT molecular complexity index is 1060. The van der Waals surface area contributed by atoms with Crippen LogP contribution in [0.25, 0.3) is 0 Å². The van der Waals surface area contributed by atoms with Gasteiger partial charge in [-0.05, 0) is 48.5 Å². The van der Waals surface area contributed by atoms with E-state index in [9.17, 15) is 13.2 Å². The number of carbonyl (C=O) groups excluding carboxylic acids is 1. The van der Waals surface area contributed by atoms with E-state index in [1.165, 1.54) is 12.1 Å². The van der Waals surface area contributed by atoms with Gasteiger partial charge in [-0.15, -0.1) is 4.40 Å². The Balaban J connectivity index is 2.02. The first kappa shape index (κ1) is 19.0. The van der Waals surface area contributed by atoms with Crippen molar-refractivity contribution in [2.75, 3.05) is 0 Å². The Labute approximate surface area is 165 Å². The molecule has 0 radical (unpaired) electrons. The van der Waals surface area contributed by atoms with Crippen LogP contribution in [0.3, 0.4) is 0 Å². The Morgan fingerprint density at radius 2 is 1.33 bits per heavy atom. The summed E-state index contributed by atoms with van der Waals surface area (Å²) in [5.41, 5.74) is 0.654. The second-order valence-electron chi connectivity index (χ2n) is 5.45. The number of halogens is 1. The second kappa shape index (κ2) is 8.28. The van der Waals surface area contributed by atoms with Crippen molar-refractivity contribution >= 4 is 37.8 Å². The van der Waals surface area contributed by atoms with E-state index in [4.69, 9.17) is 4.74 Å². The van der Waals surface area contributed by atoms with Crippen molar-refractivity contribution in [1.29, 1.82) is 0 Å². The van der Waals surface area contributed by atoms with Gasteiger partial charge in [0.05, 0.1) is 10.5 Å². The molecule has 136 valence electrons. The van der Waals surface area contributed by atoms with Crippen molar-refractivity contribution in [1.82, 2.24) is 0 Å². The van der Waals surface area contributed by atoms with Gasteiger partial charge in [0.1, 0.15) is 0 Å². The third-order valence-electron chi connectivity index (χ3n) is 3.53. The first-order valence-electron chi connectivity index (χ1n) is 7.89. The summed E-state index contributed by atoms with van der Waals surface area (Å²) in [6.45, 7) is 0. The number of nitrogens with zero attached hydrogens (tertiary/aromatic N) is 1. The molecule has 0 bridgehead atoms. The number of hydrogen-bond acceptors (Lipinski definition) is 4. The van der Waals surface area contributed by atoms with Gasteiger partial charge in [-0.2, -0.15) is 8.42 Å². The highest BCUT2D eigenvalue weighted by Crippen LogP contribution is 2.17. The summed E-state index contributed by atoms with van der Waals surface area (Å²) in [6.07, 6.45) is 0. The first-order chi connectivity index (χ1) is 13.0. The molecule has 0 N–H and O–H groups in total. The normalized spacial score (nSPS) is 11.8. The maximum Gasteiger partial charge on any atom is 0.344 e. The molecule has 5 nitrogen and oxygen atoms in total. The monoisotopic (exact) mass is 443 g/mol. The molecule has 0 aliphatic rings. The van der Waals surface area contributed by atoms with Crippen molar-refractivity contribution in [2.45, 2.75) is 4.90 Å². The molecule has 0 heterocycles. The standard InChI is InChI=1S/C20H14BrNO4S/c21-17-13-11-15(12-14-17)19(26-20(23)16-7-3-1-4-8-16)22-27(24,25)18-9-5-2-6-10-18/h1-14H. The Kier molecular flexibility index (Phi) is 5.83. The molecule has 7 heteroatoms. The van der Waals surface area contributed by atoms with Crippen LogP contribution >= 0.6 is 15.9 Å². The van der Waals surface area contributed by atoms with Gasteiger partial charge in [-0.25, -0.2) is 4.79 Å². The zero-order chi connectivity index (χ0) is 19.3. The van der Waals surface area contributed by atoms with Crippen LogP contribution in [-0.4, -0.2) is 20.3 Å². The third-order valence-corrected chi connectivity index (χ3v) is 5.34. The van der Waals surface area contributed by atoms with E-state index >= 15 is 0 Å². The van der Waals surface area contributed by atoms with Gasteiger partial charge in [-0.3, -0.25) is 0 Å². The second-order valence-corrected chi connectivity index (χ2v) is 7.97. The predicted octanol–water partition coefficient (Wildman–Crippen LogP) is 4.44. The van der Waals surface area contributed by atoms with Crippen LogP contribution in [0.1, 0.15) is 15.9 Å². The van der Waals surface area contributed by atoms with E-state index in [-0.39, 0.29) is 10.8 Å². The first-order valence-corrected chi connectivity index (χ1v) is 10.1. The minimum Gasteiger partial charge on any atom is -0.402 e. The molecule has 0 aliphatic carbocycles. The molecule has 0 unspecified atom stereocenters. The fraction of sp³-hybridized carbons (Fsp3) is 0. The average Bonchev–Trinajstić information content (AvgIpc) is 2.69. The molecule has 3 rings (SSSR count). The van der Waals surface area contributed by atoms with Crippen molar-refractivity contribution in [3.8, 4) is 0 Å². The van der Waals surface area contributed by atoms with Crippen molar-refractivity contribution in [2.24, 2.45) is 4.40 Å². The summed E-state index contributed by atoms with van der Waals surface area (Å²) < 4.78 is 35.1. The number of ether oxygens (including phenoxy) is 1. The number of rotatable bonds is 4. The lowest BCUT2D eigenvalue weighted by molar-refractivity contribution is 0.0718. The highest BCUT2D eigenvalue weighted by atomic mass is 79.9. The molecule has 0 amide bonds. The number of esters is 1. The molecule has 0 saturated heterocycles. The average molecular weight is 444 g/mol. The number of carbonyl (C=O) groups is 1. The predicted molar refractivity (Wildman–Crippen MR) is 106 cm³/mol. The molecule has 3 aromatic carbocycles. The Morgan fingerprint density at radius 1 is 0.778 bits per heavy atom. The zero-order valence-corrected chi connectivity index (χ0v) is 16.4. The van der Waals surface area contributed by atoms with E-state index in [1.54, 1.807) is 72.8 Å². The number of benzene rings is 3. The van der Waals surface area contributed by atoms with Crippen LogP contribution in [-0.2, 0) is 14.8 Å². The molecule has 0 atom stereocenters. The number of hydrogen-bond donors (Lipinski definition) is 0. The minimum atomic E-state index is -4.05. The summed E-state index contributed by atoms with van der Waals surface area (Å²) in [5.74, 6) is -0.985. The fourth-order valence-electron chi connectivity index (χ4n) is 2.20. The molecule has 0 saturated carbocycles. The molecular weight excluding hydrogens is 430 g/mol. The van der Waals surface area contributed by atoms with Crippen molar-refractivity contribution < 1.29 is 17.9 Å². The van der Waals surface area contributed by atoms with Gasteiger partial charge in [0.15, 0.2) is 0 Å². The maximum absolute atomic E-state index is 12.6. The van der Waals surface area contributed by atoms with Crippen LogP contribution in [0, 0.1) is 0 Å². The van der Waals surface area contributed by atoms with Crippen LogP contribution in [0.5, 0.6) is 0 Å². The minimum absolute atomic E-state index is 0.00960. The van der Waals surface area contributed by atoms with E-state index in [1.807, 2.05) is 0 Å². The molecule has 0 spiro atoms. The van der Waals surface area contributed by atoms with Gasteiger partial charge >= 0.3 is 5.97 Å². The lowest BCUT2D eigenvalue weighted by atomic mass is 10.2. The highest BCUT2D eigenvalue weighted by molar-refractivity contribution is 9.10.